The van der Waals surface area contributed by atoms with Crippen LogP contribution in [0, 0.1) is 6.92 Å². The summed E-state index contributed by atoms with van der Waals surface area (Å²) in [5.74, 6) is 0. The number of nitrogens with zero attached hydrogens (tertiary/aromatic N) is 1. The normalized spacial score (nSPS) is 10.5. The van der Waals surface area contributed by atoms with Crippen molar-refractivity contribution in [2.24, 2.45) is 0 Å². The zero-order valence-electron chi connectivity index (χ0n) is 9.03. The molecule has 78 valence electrons. The van der Waals surface area contributed by atoms with Crippen LogP contribution in [-0.4, -0.2) is 9.97 Å². The highest BCUT2D eigenvalue weighted by atomic mass is 14.9. The summed E-state index contributed by atoms with van der Waals surface area (Å²) in [6, 6.07) is 8.58. The van der Waals surface area contributed by atoms with E-state index < -0.39 is 0 Å². The molecule has 1 heterocycles. The van der Waals surface area contributed by atoms with Gasteiger partial charge in [-0.15, -0.1) is 0 Å². The first-order valence-electron chi connectivity index (χ1n) is 5.38. The molecule has 0 aliphatic rings. The van der Waals surface area contributed by atoms with Gasteiger partial charge in [0.15, 0.2) is 0 Å². The van der Waals surface area contributed by atoms with Gasteiger partial charge in [0.05, 0.1) is 12.0 Å². The largest absolute Gasteiger partial charge is 0.351 e. The Hall–Kier alpha value is -1.57. The minimum absolute atomic E-state index is 1.05. The summed E-state index contributed by atoms with van der Waals surface area (Å²) < 4.78 is 0. The number of imidazole rings is 1. The molecule has 2 nitrogen and oxygen atoms in total. The molecule has 0 aliphatic heterocycles. The van der Waals surface area contributed by atoms with Gasteiger partial charge in [0.25, 0.3) is 0 Å². The van der Waals surface area contributed by atoms with Crippen molar-refractivity contribution in [3.8, 4) is 0 Å². The van der Waals surface area contributed by atoms with Crippen molar-refractivity contribution >= 4 is 0 Å². The van der Waals surface area contributed by atoms with E-state index in [1.165, 1.54) is 11.1 Å². The van der Waals surface area contributed by atoms with E-state index in [1.54, 1.807) is 6.33 Å². The first kappa shape index (κ1) is 9.97. The second kappa shape index (κ2) is 4.78. The number of aryl methyl sites for hydroxylation is 3. The lowest BCUT2D eigenvalue weighted by Crippen LogP contribution is -1.92. The number of nitrogens with one attached hydrogen (secondary N) is 1. The predicted molar refractivity (Wildman–Crippen MR) is 61.8 cm³/mol. The number of rotatable bonds is 4. The Labute approximate surface area is 90.4 Å². The van der Waals surface area contributed by atoms with Crippen LogP contribution in [0.15, 0.2) is 36.8 Å². The van der Waals surface area contributed by atoms with Crippen molar-refractivity contribution < 1.29 is 0 Å². The van der Waals surface area contributed by atoms with Gasteiger partial charge in [-0.25, -0.2) is 4.98 Å². The number of benzene rings is 1. The maximum atomic E-state index is 4.21. The molecule has 0 saturated heterocycles. The Morgan fingerprint density at radius 1 is 1.20 bits per heavy atom. The van der Waals surface area contributed by atoms with Gasteiger partial charge in [0.2, 0.25) is 0 Å². The maximum absolute atomic E-state index is 4.21. The molecule has 1 aromatic heterocycles. The van der Waals surface area contributed by atoms with Gasteiger partial charge >= 0.3 is 0 Å². The Morgan fingerprint density at radius 2 is 2.07 bits per heavy atom. The summed E-state index contributed by atoms with van der Waals surface area (Å²) in [4.78, 5) is 7.19. The molecule has 2 rings (SSSR count). The van der Waals surface area contributed by atoms with E-state index in [4.69, 9.17) is 0 Å². The zero-order chi connectivity index (χ0) is 10.5. The number of aromatic nitrogens is 2. The highest BCUT2D eigenvalue weighted by Crippen LogP contribution is 2.10. The average Bonchev–Trinajstić information content (AvgIpc) is 2.74. The monoisotopic (exact) mass is 200 g/mol. The molecule has 0 fully saturated rings. The van der Waals surface area contributed by atoms with Crippen LogP contribution in [0.1, 0.15) is 23.2 Å². The van der Waals surface area contributed by atoms with Gasteiger partial charge in [0, 0.05) is 6.20 Å². The lowest BCUT2D eigenvalue weighted by molar-refractivity contribution is 0.800. The first-order valence-corrected chi connectivity index (χ1v) is 5.38. The minimum atomic E-state index is 1.05. The predicted octanol–water partition coefficient (Wildman–Crippen LogP) is 2.89. The fourth-order valence-electron chi connectivity index (χ4n) is 1.78. The fourth-order valence-corrected chi connectivity index (χ4v) is 1.78. The molecule has 1 aromatic carbocycles. The van der Waals surface area contributed by atoms with Crippen LogP contribution >= 0.6 is 0 Å². The molecule has 0 bridgehead atoms. The maximum Gasteiger partial charge on any atom is 0.0923 e. The van der Waals surface area contributed by atoms with Gasteiger partial charge in [-0.05, 0) is 37.3 Å². The van der Waals surface area contributed by atoms with Crippen LogP contribution in [0.25, 0.3) is 0 Å². The van der Waals surface area contributed by atoms with Crippen molar-refractivity contribution in [1.29, 1.82) is 0 Å². The summed E-state index contributed by atoms with van der Waals surface area (Å²) >= 11 is 0. The summed E-state index contributed by atoms with van der Waals surface area (Å²) in [5.41, 5.74) is 4.00. The van der Waals surface area contributed by atoms with Crippen LogP contribution in [0.3, 0.4) is 0 Å². The van der Waals surface area contributed by atoms with Gasteiger partial charge in [-0.1, -0.05) is 24.3 Å². The van der Waals surface area contributed by atoms with Crippen LogP contribution in [-0.2, 0) is 12.8 Å². The quantitative estimate of drug-likeness (QED) is 0.807. The van der Waals surface area contributed by atoms with Gasteiger partial charge in [-0.3, -0.25) is 0 Å². The second-order valence-corrected chi connectivity index (χ2v) is 3.84. The fraction of sp³-hybridized carbons (Fsp3) is 0.308. The molecule has 0 spiro atoms. The topological polar surface area (TPSA) is 28.7 Å². The Kier molecular flexibility index (Phi) is 3.18. The van der Waals surface area contributed by atoms with Crippen molar-refractivity contribution in [1.82, 2.24) is 9.97 Å². The third-order valence-corrected chi connectivity index (χ3v) is 2.70. The second-order valence-electron chi connectivity index (χ2n) is 3.84. The summed E-state index contributed by atoms with van der Waals surface area (Å²) in [6.07, 6.45) is 7.06. The van der Waals surface area contributed by atoms with E-state index in [0.717, 1.165) is 25.0 Å². The van der Waals surface area contributed by atoms with Crippen molar-refractivity contribution in [2.75, 3.05) is 0 Å². The van der Waals surface area contributed by atoms with Crippen molar-refractivity contribution in [3.63, 3.8) is 0 Å². The average molecular weight is 200 g/mol. The zero-order valence-corrected chi connectivity index (χ0v) is 9.03. The molecule has 0 radical (unpaired) electrons. The molecule has 0 aliphatic carbocycles. The molecule has 0 amide bonds. The SMILES string of the molecule is Cc1ccccc1CCCc1c[nH]cn1. The van der Waals surface area contributed by atoms with Gasteiger partial charge in [0.1, 0.15) is 0 Å². The Bertz CT molecular complexity index is 404. The Balaban J connectivity index is 1.86. The standard InChI is InChI=1S/C13H16N2/c1-11-5-2-3-6-12(11)7-4-8-13-9-14-10-15-13/h2-3,5-6,9-10H,4,7-8H2,1H3,(H,14,15). The van der Waals surface area contributed by atoms with E-state index in [9.17, 15) is 0 Å². The lowest BCUT2D eigenvalue weighted by atomic mass is 10.0. The molecule has 2 aromatic rings. The number of hydrogen-bond donors (Lipinski definition) is 1. The van der Waals surface area contributed by atoms with Gasteiger partial charge in [-0.2, -0.15) is 0 Å². The summed E-state index contributed by atoms with van der Waals surface area (Å²) in [7, 11) is 0. The van der Waals surface area contributed by atoms with Crippen LogP contribution in [0.4, 0.5) is 0 Å². The van der Waals surface area contributed by atoms with Crippen LogP contribution in [0.2, 0.25) is 0 Å². The van der Waals surface area contributed by atoms with Crippen molar-refractivity contribution in [3.05, 3.63) is 53.6 Å². The molecule has 15 heavy (non-hydrogen) atoms. The molecule has 0 saturated carbocycles. The molecule has 1 N–H and O–H groups in total. The Morgan fingerprint density at radius 3 is 2.80 bits per heavy atom. The van der Waals surface area contributed by atoms with Crippen molar-refractivity contribution in [2.45, 2.75) is 26.2 Å². The summed E-state index contributed by atoms with van der Waals surface area (Å²) in [6.45, 7) is 2.17. The number of hydrogen-bond acceptors (Lipinski definition) is 1. The number of H-pyrrole nitrogens is 1. The molecule has 0 unspecified atom stereocenters. The first-order chi connectivity index (χ1) is 7.36. The van der Waals surface area contributed by atoms with E-state index in [2.05, 4.69) is 41.2 Å². The minimum Gasteiger partial charge on any atom is -0.351 e. The highest BCUT2D eigenvalue weighted by Gasteiger charge is 1.98. The lowest BCUT2D eigenvalue weighted by Gasteiger charge is -2.03. The van der Waals surface area contributed by atoms with E-state index in [0.29, 0.717) is 0 Å². The van der Waals surface area contributed by atoms with E-state index in [-0.39, 0.29) is 0 Å². The molecule has 2 heteroatoms. The smallest absolute Gasteiger partial charge is 0.0923 e. The molecule has 0 atom stereocenters. The van der Waals surface area contributed by atoms with Crippen LogP contribution < -0.4 is 0 Å². The van der Waals surface area contributed by atoms with E-state index in [1.807, 2.05) is 6.20 Å². The van der Waals surface area contributed by atoms with E-state index >= 15 is 0 Å². The number of aromatic amines is 1. The summed E-state index contributed by atoms with van der Waals surface area (Å²) in [5, 5.41) is 0. The third kappa shape index (κ3) is 2.69. The molecular formula is C13H16N2. The highest BCUT2D eigenvalue weighted by molar-refractivity contribution is 5.25. The third-order valence-electron chi connectivity index (χ3n) is 2.70. The molecular weight excluding hydrogens is 184 g/mol. The van der Waals surface area contributed by atoms with Gasteiger partial charge < -0.3 is 4.98 Å². The van der Waals surface area contributed by atoms with Crippen LogP contribution in [0.5, 0.6) is 0 Å².